The molecule has 0 aliphatic heterocycles. The summed E-state index contributed by atoms with van der Waals surface area (Å²) >= 11 is 0. The van der Waals surface area contributed by atoms with E-state index in [1.165, 1.54) is 10.7 Å². The first kappa shape index (κ1) is 21.5. The minimum atomic E-state index is -0.371. The van der Waals surface area contributed by atoms with Crippen LogP contribution in [0, 0.1) is 5.82 Å². The van der Waals surface area contributed by atoms with E-state index in [1.54, 1.807) is 77.6 Å². The first-order chi connectivity index (χ1) is 16.3. The van der Waals surface area contributed by atoms with E-state index in [9.17, 15) is 9.18 Å². The quantitative estimate of drug-likeness (QED) is 0.407. The second kappa shape index (κ2) is 8.23. The van der Waals surface area contributed by atoms with Crippen LogP contribution in [0.1, 0.15) is 16.1 Å². The summed E-state index contributed by atoms with van der Waals surface area (Å²) in [5.74, 6) is -0.181. The Labute approximate surface area is 194 Å². The number of aromatic nitrogens is 5. The molecule has 2 aromatic carbocycles. The minimum Gasteiger partial charge on any atom is -0.383 e. The molecule has 0 fully saturated rings. The lowest BCUT2D eigenvalue weighted by Gasteiger charge is -2.28. The van der Waals surface area contributed by atoms with Crippen LogP contribution in [0.3, 0.4) is 0 Å². The number of rotatable bonds is 5. The topological polar surface area (TPSA) is 98.1 Å². The summed E-state index contributed by atoms with van der Waals surface area (Å²) in [6, 6.07) is 13.5. The van der Waals surface area contributed by atoms with Crippen molar-refractivity contribution in [3.8, 4) is 5.69 Å². The molecule has 3 aromatic heterocycles. The molecule has 0 atom stereocenters. The molecule has 172 valence electrons. The van der Waals surface area contributed by atoms with Crippen molar-refractivity contribution >= 4 is 33.5 Å². The van der Waals surface area contributed by atoms with E-state index in [2.05, 4.69) is 15.2 Å². The van der Waals surface area contributed by atoms with Gasteiger partial charge in [0.1, 0.15) is 17.3 Å². The molecule has 5 rings (SSSR count). The van der Waals surface area contributed by atoms with Crippen LogP contribution in [0.25, 0.3) is 27.5 Å². The van der Waals surface area contributed by atoms with Gasteiger partial charge in [-0.15, -0.1) is 0 Å². The van der Waals surface area contributed by atoms with Crippen LogP contribution in [-0.2, 0) is 13.6 Å². The summed E-state index contributed by atoms with van der Waals surface area (Å²) in [6.07, 6.45) is 3.35. The summed E-state index contributed by atoms with van der Waals surface area (Å²) in [5, 5.41) is 13.6. The van der Waals surface area contributed by atoms with E-state index < -0.39 is 0 Å². The number of para-hydroxylation sites is 1. The number of nitrogens with zero attached hydrogens (tertiary/aromatic N) is 7. The molecular formula is C24H23FN8O. The van der Waals surface area contributed by atoms with E-state index in [0.29, 0.717) is 28.3 Å². The first-order valence-corrected chi connectivity index (χ1v) is 10.6. The van der Waals surface area contributed by atoms with Gasteiger partial charge < -0.3 is 5.73 Å². The Morgan fingerprint density at radius 3 is 2.68 bits per heavy atom. The number of amides is 1. The molecule has 9 nitrogen and oxygen atoms in total. The van der Waals surface area contributed by atoms with Crippen LogP contribution in [0.15, 0.2) is 60.9 Å². The maximum absolute atomic E-state index is 14.1. The zero-order valence-corrected chi connectivity index (χ0v) is 19.0. The average molecular weight is 459 g/mol. The summed E-state index contributed by atoms with van der Waals surface area (Å²) in [6.45, 7) is 0.215. The molecule has 5 aromatic rings. The third kappa shape index (κ3) is 3.63. The highest BCUT2D eigenvalue weighted by Gasteiger charge is 2.21. The maximum atomic E-state index is 14.1. The van der Waals surface area contributed by atoms with Gasteiger partial charge in [0.25, 0.3) is 5.91 Å². The number of hydrogen-bond acceptors (Lipinski definition) is 6. The van der Waals surface area contributed by atoms with Crippen molar-refractivity contribution in [1.82, 2.24) is 34.6 Å². The van der Waals surface area contributed by atoms with Crippen LogP contribution in [0.2, 0.25) is 0 Å². The molecule has 0 spiro atoms. The standard InChI is InChI=1S/C24H23FN8O/c1-30(2)33(14-16-10-11-32(29-16)21-7-5-4-6-19(21)25)24(34)15-8-9-20-17(12-15)22-18(23(26)28-20)13-27-31(22)3/h4-13H,14H2,1-3H3,(H2,26,28). The molecule has 1 amide bonds. The molecule has 0 aliphatic carbocycles. The lowest BCUT2D eigenvalue weighted by atomic mass is 10.1. The van der Waals surface area contributed by atoms with E-state index in [4.69, 9.17) is 5.73 Å². The first-order valence-electron chi connectivity index (χ1n) is 10.6. The third-order valence-electron chi connectivity index (χ3n) is 5.73. The maximum Gasteiger partial charge on any atom is 0.268 e. The number of hydrogen-bond donors (Lipinski definition) is 1. The molecule has 0 radical (unpaired) electrons. The van der Waals surface area contributed by atoms with Gasteiger partial charge in [0, 0.05) is 38.3 Å². The van der Waals surface area contributed by atoms with Gasteiger partial charge in [-0.1, -0.05) is 12.1 Å². The van der Waals surface area contributed by atoms with E-state index >= 15 is 0 Å². The molecule has 0 bridgehead atoms. The average Bonchev–Trinajstić information content (AvgIpc) is 3.44. The van der Waals surface area contributed by atoms with Gasteiger partial charge in [0.15, 0.2) is 0 Å². The Balaban J connectivity index is 1.49. The Hall–Kier alpha value is -4.31. The van der Waals surface area contributed by atoms with Crippen molar-refractivity contribution in [1.29, 1.82) is 0 Å². The Kier molecular flexibility index (Phi) is 5.21. The van der Waals surface area contributed by atoms with Gasteiger partial charge in [0.2, 0.25) is 0 Å². The van der Waals surface area contributed by atoms with Gasteiger partial charge in [-0.05, 0) is 36.4 Å². The number of halogens is 1. The monoisotopic (exact) mass is 458 g/mol. The molecule has 0 saturated carbocycles. The second-order valence-corrected chi connectivity index (χ2v) is 8.17. The summed E-state index contributed by atoms with van der Waals surface area (Å²) in [7, 11) is 5.40. The van der Waals surface area contributed by atoms with E-state index in [0.717, 1.165) is 16.3 Å². The summed E-state index contributed by atoms with van der Waals surface area (Å²) in [4.78, 5) is 18.0. The number of carbonyl (C=O) groups excluding carboxylic acids is 1. The largest absolute Gasteiger partial charge is 0.383 e. The van der Waals surface area contributed by atoms with Crippen LogP contribution >= 0.6 is 0 Å². The molecule has 0 unspecified atom stereocenters. The molecule has 3 heterocycles. The number of anilines is 1. The fourth-order valence-corrected chi connectivity index (χ4v) is 4.01. The molecule has 2 N–H and O–H groups in total. The van der Waals surface area contributed by atoms with Crippen molar-refractivity contribution < 1.29 is 9.18 Å². The molecule has 0 aliphatic rings. The van der Waals surface area contributed by atoms with Crippen LogP contribution in [0.4, 0.5) is 10.2 Å². The number of pyridine rings is 1. The normalized spacial score (nSPS) is 11.6. The Morgan fingerprint density at radius 2 is 1.91 bits per heavy atom. The molecule has 34 heavy (non-hydrogen) atoms. The van der Waals surface area contributed by atoms with Gasteiger partial charge in [0.05, 0.1) is 34.9 Å². The van der Waals surface area contributed by atoms with Crippen LogP contribution < -0.4 is 5.73 Å². The minimum absolute atomic E-state index is 0.209. The SMILES string of the molecule is CN(C)N(Cc1ccn(-c2ccccc2F)n1)C(=O)c1ccc2nc(N)c3cnn(C)c3c2c1. The Morgan fingerprint density at radius 1 is 1.12 bits per heavy atom. The lowest BCUT2D eigenvalue weighted by Crippen LogP contribution is -2.41. The highest BCUT2D eigenvalue weighted by atomic mass is 19.1. The second-order valence-electron chi connectivity index (χ2n) is 8.17. The van der Waals surface area contributed by atoms with Gasteiger partial charge in [-0.2, -0.15) is 10.2 Å². The van der Waals surface area contributed by atoms with Gasteiger partial charge in [-0.3, -0.25) is 14.5 Å². The predicted molar refractivity (Wildman–Crippen MR) is 128 cm³/mol. The highest BCUT2D eigenvalue weighted by Crippen LogP contribution is 2.28. The van der Waals surface area contributed by atoms with Crippen LogP contribution in [-0.4, -0.2) is 54.6 Å². The van der Waals surface area contributed by atoms with Gasteiger partial charge in [-0.25, -0.2) is 19.1 Å². The number of hydrazine groups is 1. The Bertz CT molecular complexity index is 1540. The highest BCUT2D eigenvalue weighted by molar-refractivity contribution is 6.10. The molecule has 10 heteroatoms. The summed E-state index contributed by atoms with van der Waals surface area (Å²) in [5.41, 5.74) is 9.04. The van der Waals surface area contributed by atoms with Crippen molar-refractivity contribution in [2.45, 2.75) is 6.54 Å². The zero-order valence-electron chi connectivity index (χ0n) is 19.0. The number of aryl methyl sites for hydroxylation is 1. The number of nitrogen functional groups attached to an aromatic ring is 1. The number of nitrogens with two attached hydrogens (primary N) is 1. The number of fused-ring (bicyclic) bond motifs is 3. The number of carbonyl (C=O) groups is 1. The lowest BCUT2D eigenvalue weighted by molar-refractivity contribution is 0.0148. The smallest absolute Gasteiger partial charge is 0.268 e. The molecular weight excluding hydrogens is 435 g/mol. The van der Waals surface area contributed by atoms with Gasteiger partial charge >= 0.3 is 0 Å². The van der Waals surface area contributed by atoms with Crippen molar-refractivity contribution in [3.63, 3.8) is 0 Å². The fraction of sp³-hybridized carbons (Fsp3) is 0.167. The number of benzene rings is 2. The van der Waals surface area contributed by atoms with Crippen molar-refractivity contribution in [2.24, 2.45) is 7.05 Å². The fourth-order valence-electron chi connectivity index (χ4n) is 4.01. The van der Waals surface area contributed by atoms with Crippen molar-refractivity contribution in [2.75, 3.05) is 19.8 Å². The third-order valence-corrected chi connectivity index (χ3v) is 5.73. The van der Waals surface area contributed by atoms with E-state index in [1.807, 2.05) is 13.1 Å². The van der Waals surface area contributed by atoms with E-state index in [-0.39, 0.29) is 18.3 Å². The van der Waals surface area contributed by atoms with Crippen LogP contribution in [0.5, 0.6) is 0 Å². The molecule has 0 saturated heterocycles. The zero-order chi connectivity index (χ0) is 24.0. The predicted octanol–water partition coefficient (Wildman–Crippen LogP) is 3.15. The summed E-state index contributed by atoms with van der Waals surface area (Å²) < 4.78 is 17.3. The van der Waals surface area contributed by atoms with Crippen molar-refractivity contribution in [3.05, 3.63) is 78.0 Å².